The number of hydrogen-bond donors (Lipinski definition) is 3. The van der Waals surface area contributed by atoms with Gasteiger partial charge in [0.2, 0.25) is 5.82 Å². The molecule has 2 aliphatic heterocycles. The summed E-state index contributed by atoms with van der Waals surface area (Å²) < 4.78 is 1.49. The zero-order valence-electron chi connectivity index (χ0n) is 20.6. The van der Waals surface area contributed by atoms with E-state index in [1.807, 2.05) is 11.0 Å². The largest absolute Gasteiger partial charge is 0.384 e. The molecule has 0 aromatic carbocycles. The first kappa shape index (κ1) is 23.7. The minimum atomic E-state index is -0.239. The molecular weight excluding hydrogens is 486 g/mol. The fraction of sp³-hybridized carbons (Fsp3) is 0.346. The number of Topliss-reactive ketones (excluding diaryl/α,β-unsaturated/α-hetero) is 1. The van der Waals surface area contributed by atoms with Gasteiger partial charge in [0.1, 0.15) is 24.4 Å². The Kier molecular flexibility index (Phi) is 5.84. The van der Waals surface area contributed by atoms with Crippen molar-refractivity contribution in [1.82, 2.24) is 39.7 Å². The highest BCUT2D eigenvalue weighted by Gasteiger charge is 2.45. The van der Waals surface area contributed by atoms with Crippen LogP contribution in [0.15, 0.2) is 30.9 Å². The number of nitrogens with two attached hydrogens (primary N) is 1. The number of pyridine rings is 1. The van der Waals surface area contributed by atoms with Gasteiger partial charge >= 0.3 is 0 Å². The van der Waals surface area contributed by atoms with Crippen LogP contribution in [-0.2, 0) is 0 Å². The Labute approximate surface area is 217 Å². The Balaban J connectivity index is 1.38. The number of carbonyl (C=O) groups is 2. The van der Waals surface area contributed by atoms with E-state index >= 15 is 0 Å². The summed E-state index contributed by atoms with van der Waals surface area (Å²) >= 11 is 0. The Bertz CT molecular complexity index is 1580. The molecule has 0 spiro atoms. The number of aliphatic hydroxyl groups excluding tert-OH is 1. The van der Waals surface area contributed by atoms with Crippen molar-refractivity contribution in [3.05, 3.63) is 53.6 Å². The van der Waals surface area contributed by atoms with E-state index in [0.29, 0.717) is 35.4 Å². The molecule has 2 fully saturated rings. The fourth-order valence-corrected chi connectivity index (χ4v) is 5.81. The molecule has 2 unspecified atom stereocenters. The molecule has 6 heterocycles. The third-order valence-electron chi connectivity index (χ3n) is 7.40. The van der Waals surface area contributed by atoms with Crippen molar-refractivity contribution in [2.75, 3.05) is 12.3 Å². The first-order valence-corrected chi connectivity index (χ1v) is 12.4. The lowest BCUT2D eigenvalue weighted by molar-refractivity contribution is 0.0556. The van der Waals surface area contributed by atoms with Crippen molar-refractivity contribution in [1.29, 1.82) is 0 Å². The summed E-state index contributed by atoms with van der Waals surface area (Å²) in [5.41, 5.74) is 10.1. The van der Waals surface area contributed by atoms with Crippen LogP contribution < -0.4 is 5.73 Å². The van der Waals surface area contributed by atoms with Crippen molar-refractivity contribution < 1.29 is 14.7 Å². The number of H-pyrrole nitrogens is 1. The van der Waals surface area contributed by atoms with E-state index in [9.17, 15) is 9.59 Å². The van der Waals surface area contributed by atoms with Gasteiger partial charge in [-0.25, -0.2) is 15.0 Å². The lowest BCUT2D eigenvalue weighted by Crippen LogP contribution is -2.46. The minimum Gasteiger partial charge on any atom is -0.384 e. The SMILES string of the molecule is CC(=O)c1c(C2CC3CC[C@@H](C2)N3C(=O)c2ncn[nH]2)nc2c(-c3ccc(C#CCO)nc3)cnn2c1N. The summed E-state index contributed by atoms with van der Waals surface area (Å²) in [7, 11) is 0. The van der Waals surface area contributed by atoms with Gasteiger partial charge in [-0.1, -0.05) is 5.92 Å². The van der Waals surface area contributed by atoms with Crippen LogP contribution in [0.2, 0.25) is 0 Å². The molecule has 12 heteroatoms. The number of aromatic amines is 1. The number of nitrogen functional groups attached to an aromatic ring is 1. The molecule has 38 heavy (non-hydrogen) atoms. The van der Waals surface area contributed by atoms with Gasteiger partial charge in [0.25, 0.3) is 5.91 Å². The van der Waals surface area contributed by atoms with Crippen LogP contribution in [0.4, 0.5) is 5.82 Å². The Morgan fingerprint density at radius 1 is 1.18 bits per heavy atom. The van der Waals surface area contributed by atoms with E-state index in [4.69, 9.17) is 15.8 Å². The Morgan fingerprint density at radius 3 is 2.61 bits per heavy atom. The number of hydrogen-bond acceptors (Lipinski definition) is 9. The number of nitrogens with one attached hydrogen (secondary N) is 1. The molecular formula is C26H25N9O3. The Hall–Kier alpha value is -4.63. The first-order chi connectivity index (χ1) is 18.5. The number of rotatable bonds is 4. The Morgan fingerprint density at radius 2 is 1.97 bits per heavy atom. The summed E-state index contributed by atoms with van der Waals surface area (Å²) in [5.74, 6) is 5.46. The van der Waals surface area contributed by atoms with Gasteiger partial charge in [0.15, 0.2) is 11.4 Å². The van der Waals surface area contributed by atoms with Crippen LogP contribution in [0.3, 0.4) is 0 Å². The molecule has 1 amide bonds. The predicted molar refractivity (Wildman–Crippen MR) is 136 cm³/mol. The highest BCUT2D eigenvalue weighted by molar-refractivity contribution is 6.00. The second-order valence-corrected chi connectivity index (χ2v) is 9.60. The van der Waals surface area contributed by atoms with E-state index in [1.54, 1.807) is 18.5 Å². The number of piperidine rings is 1. The first-order valence-electron chi connectivity index (χ1n) is 12.4. The summed E-state index contributed by atoms with van der Waals surface area (Å²) in [4.78, 5) is 41.2. The predicted octanol–water partition coefficient (Wildman–Crippen LogP) is 1.59. The van der Waals surface area contributed by atoms with Crippen molar-refractivity contribution in [3.8, 4) is 23.0 Å². The summed E-state index contributed by atoms with van der Waals surface area (Å²) in [5, 5.41) is 19.8. The van der Waals surface area contributed by atoms with Crippen LogP contribution in [0.5, 0.6) is 0 Å². The lowest BCUT2D eigenvalue weighted by Gasteiger charge is -2.38. The topological polar surface area (TPSA) is 168 Å². The minimum absolute atomic E-state index is 0.0107. The van der Waals surface area contributed by atoms with Crippen molar-refractivity contribution >= 4 is 23.2 Å². The monoisotopic (exact) mass is 511 g/mol. The van der Waals surface area contributed by atoms with Gasteiger partial charge in [-0.3, -0.25) is 14.7 Å². The molecule has 3 atom stereocenters. The molecule has 12 nitrogen and oxygen atoms in total. The van der Waals surface area contributed by atoms with E-state index in [0.717, 1.165) is 24.0 Å². The molecule has 4 N–H and O–H groups in total. The number of carbonyl (C=O) groups excluding carboxylic acids is 2. The van der Waals surface area contributed by atoms with Crippen LogP contribution >= 0.6 is 0 Å². The quantitative estimate of drug-likeness (QED) is 0.272. The van der Waals surface area contributed by atoms with Crippen molar-refractivity contribution in [2.24, 2.45) is 0 Å². The van der Waals surface area contributed by atoms with Crippen LogP contribution in [-0.4, -0.2) is 75.2 Å². The standard InChI is InChI=1S/C26H25N9O3/c1-14(37)21-22(16-9-18-6-7-19(10-16)34(18)26(38)24-29-13-30-33-24)32-25-20(12-31-35(25)23(21)27)15-4-5-17(28-11-15)3-2-8-36/h4-5,11-13,16,18-19,36H,6-10,27H2,1H3,(H,29,30,33)/t16?,18-,19?/m0/s1. The number of aromatic nitrogens is 7. The second-order valence-electron chi connectivity index (χ2n) is 9.60. The van der Waals surface area contributed by atoms with E-state index in [2.05, 4.69) is 37.1 Å². The number of anilines is 1. The van der Waals surface area contributed by atoms with Gasteiger partial charge in [0.05, 0.1) is 17.5 Å². The molecule has 4 aromatic heterocycles. The van der Waals surface area contributed by atoms with E-state index in [1.165, 1.54) is 17.8 Å². The summed E-state index contributed by atoms with van der Waals surface area (Å²) in [6.45, 7) is 1.25. The molecule has 2 bridgehead atoms. The van der Waals surface area contributed by atoms with Gasteiger partial charge < -0.3 is 15.7 Å². The summed E-state index contributed by atoms with van der Waals surface area (Å²) in [6.07, 6.45) is 7.75. The van der Waals surface area contributed by atoms with Crippen molar-refractivity contribution in [3.63, 3.8) is 0 Å². The van der Waals surface area contributed by atoms with Gasteiger partial charge in [-0.15, -0.1) is 0 Å². The second kappa shape index (κ2) is 9.35. The maximum Gasteiger partial charge on any atom is 0.291 e. The molecule has 0 saturated carbocycles. The van der Waals surface area contributed by atoms with Crippen LogP contribution in [0.25, 0.3) is 16.8 Å². The molecule has 192 valence electrons. The zero-order chi connectivity index (χ0) is 26.4. The number of fused-ring (bicyclic) bond motifs is 3. The molecule has 2 saturated heterocycles. The highest BCUT2D eigenvalue weighted by Crippen LogP contribution is 2.45. The number of aliphatic hydroxyl groups is 1. The fourth-order valence-electron chi connectivity index (χ4n) is 5.81. The van der Waals surface area contributed by atoms with E-state index < -0.39 is 0 Å². The third-order valence-corrected chi connectivity index (χ3v) is 7.40. The lowest BCUT2D eigenvalue weighted by atomic mass is 9.85. The molecule has 2 aliphatic rings. The maximum atomic E-state index is 13.1. The average Bonchev–Trinajstić information content (AvgIpc) is 3.65. The normalized spacial score (nSPS) is 20.4. The smallest absolute Gasteiger partial charge is 0.291 e. The van der Waals surface area contributed by atoms with Gasteiger partial charge in [-0.05, 0) is 50.7 Å². The number of ketones is 1. The molecule has 6 rings (SSSR count). The zero-order valence-corrected chi connectivity index (χ0v) is 20.6. The van der Waals surface area contributed by atoms with Crippen molar-refractivity contribution in [2.45, 2.75) is 50.6 Å². The van der Waals surface area contributed by atoms with Crippen LogP contribution in [0.1, 0.15) is 70.9 Å². The van der Waals surface area contributed by atoms with Gasteiger partial charge in [-0.2, -0.15) is 14.7 Å². The third kappa shape index (κ3) is 3.88. The highest BCUT2D eigenvalue weighted by atomic mass is 16.2. The maximum absolute atomic E-state index is 13.1. The van der Waals surface area contributed by atoms with E-state index in [-0.39, 0.29) is 47.9 Å². The molecule has 4 aromatic rings. The summed E-state index contributed by atoms with van der Waals surface area (Å²) in [6, 6.07) is 3.64. The number of nitrogens with zero attached hydrogens (tertiary/aromatic N) is 7. The van der Waals surface area contributed by atoms with Crippen LogP contribution in [0, 0.1) is 11.8 Å². The molecule has 0 radical (unpaired) electrons. The number of amides is 1. The molecule has 0 aliphatic carbocycles. The van der Waals surface area contributed by atoms with Gasteiger partial charge in [0, 0.05) is 35.3 Å². The average molecular weight is 512 g/mol.